The van der Waals surface area contributed by atoms with Gasteiger partial charge in [0.25, 0.3) is 0 Å². The van der Waals surface area contributed by atoms with Crippen LogP contribution < -0.4 is 28.4 Å². The molecule has 518 valence electrons. The van der Waals surface area contributed by atoms with Gasteiger partial charge in [0.2, 0.25) is 0 Å². The zero-order chi connectivity index (χ0) is 68.8. The molecule has 3 atom stereocenters. The molecular formula is C88H130O6. The highest BCUT2D eigenvalue weighted by molar-refractivity contribution is 5.62. The van der Waals surface area contributed by atoms with Crippen molar-refractivity contribution in [1.82, 2.24) is 0 Å². The Kier molecular flexibility index (Phi) is 30.4. The lowest BCUT2D eigenvalue weighted by molar-refractivity contribution is 0.0553. The molecule has 3 aromatic carbocycles. The molecule has 0 amide bonds. The average Bonchev–Trinajstić information content (AvgIpc) is 0.775. The van der Waals surface area contributed by atoms with Crippen molar-refractivity contribution < 1.29 is 28.4 Å². The fraction of sp³-hybridized carbons (Fsp3) is 0.591. The maximum atomic E-state index is 7.59. The third-order valence-corrected chi connectivity index (χ3v) is 20.8. The minimum atomic E-state index is -0.327. The van der Waals surface area contributed by atoms with Crippen molar-refractivity contribution in [2.24, 2.45) is 0 Å². The van der Waals surface area contributed by atoms with E-state index in [1.54, 1.807) is 0 Å². The van der Waals surface area contributed by atoms with Gasteiger partial charge in [-0.25, -0.2) is 0 Å². The van der Waals surface area contributed by atoms with Crippen LogP contribution in [0.2, 0.25) is 0 Å². The Balaban J connectivity index is 1.27. The van der Waals surface area contributed by atoms with Gasteiger partial charge in [-0.15, -0.1) is 0 Å². The van der Waals surface area contributed by atoms with E-state index in [1.807, 2.05) is 21.3 Å². The molecule has 6 heteroatoms. The maximum absolute atomic E-state index is 7.59. The molecule has 3 aliphatic rings. The summed E-state index contributed by atoms with van der Waals surface area (Å²) >= 11 is 0. The Morgan fingerprint density at radius 3 is 1.18 bits per heavy atom. The first-order valence-electron chi connectivity index (χ1n) is 36.7. The van der Waals surface area contributed by atoms with E-state index in [-0.39, 0.29) is 16.8 Å². The molecule has 6 nitrogen and oxygen atoms in total. The summed E-state index contributed by atoms with van der Waals surface area (Å²) in [6.45, 7) is 40.5. The van der Waals surface area contributed by atoms with E-state index < -0.39 is 0 Å². The highest BCUT2D eigenvalue weighted by Crippen LogP contribution is 2.49. The van der Waals surface area contributed by atoms with Gasteiger partial charge in [0.15, 0.2) is 0 Å². The summed E-state index contributed by atoms with van der Waals surface area (Å²) in [4.78, 5) is 0. The molecule has 94 heavy (non-hydrogen) atoms. The van der Waals surface area contributed by atoms with Crippen molar-refractivity contribution in [3.8, 4) is 34.5 Å². The van der Waals surface area contributed by atoms with E-state index in [9.17, 15) is 0 Å². The summed E-state index contributed by atoms with van der Waals surface area (Å²) in [5.74, 6) is 6.04. The van der Waals surface area contributed by atoms with Crippen LogP contribution in [0.3, 0.4) is 0 Å². The molecule has 0 saturated heterocycles. The fourth-order valence-corrected chi connectivity index (χ4v) is 14.7. The monoisotopic (exact) mass is 1280 g/mol. The summed E-state index contributed by atoms with van der Waals surface area (Å²) in [6.07, 6.45) is 49.9. The van der Waals surface area contributed by atoms with Gasteiger partial charge >= 0.3 is 0 Å². The van der Waals surface area contributed by atoms with E-state index >= 15 is 0 Å². The number of benzene rings is 3. The second kappa shape index (κ2) is 37.0. The average molecular weight is 1280 g/mol. The summed E-state index contributed by atoms with van der Waals surface area (Å²) in [5.41, 5.74) is 24.5. The number of allylic oxidation sites excluding steroid dienone is 18. The van der Waals surface area contributed by atoms with Crippen LogP contribution in [0, 0.1) is 20.8 Å². The van der Waals surface area contributed by atoms with Crippen LogP contribution in [0.4, 0.5) is 0 Å². The smallest absolute Gasteiger partial charge is 0.127 e. The van der Waals surface area contributed by atoms with Gasteiger partial charge in [0.1, 0.15) is 51.3 Å². The van der Waals surface area contributed by atoms with Crippen molar-refractivity contribution in [1.29, 1.82) is 0 Å². The summed E-state index contributed by atoms with van der Waals surface area (Å²) in [5, 5.41) is 0. The van der Waals surface area contributed by atoms with Gasteiger partial charge in [-0.3, -0.25) is 0 Å². The minimum absolute atomic E-state index is 0.245. The fourth-order valence-electron chi connectivity index (χ4n) is 14.7. The molecule has 0 aromatic heterocycles. The highest BCUT2D eigenvalue weighted by Gasteiger charge is 2.39. The minimum Gasteiger partial charge on any atom is -0.496 e. The molecule has 0 spiro atoms. The van der Waals surface area contributed by atoms with Crippen LogP contribution >= 0.6 is 0 Å². The number of hydrogen-bond donors (Lipinski definition) is 0. The Morgan fingerprint density at radius 1 is 0.383 bits per heavy atom. The number of rotatable bonds is 36. The normalized spacial score (nSPS) is 19.3. The predicted molar refractivity (Wildman–Crippen MR) is 404 cm³/mol. The lowest BCUT2D eigenvalue weighted by Crippen LogP contribution is -2.37. The summed E-state index contributed by atoms with van der Waals surface area (Å²) < 4.78 is 41.3. The molecule has 0 unspecified atom stereocenters. The Bertz CT molecular complexity index is 3310. The molecule has 0 fully saturated rings. The standard InChI is InChI=1S/C88H130O6/c1-61(2)31-22-34-64(7)37-25-40-67(10)43-28-53-86(16)57-51-77-78(82(90-20)70(13)59-81(77)92-86)47-46-73-60-80(89-19)76(79-52-58-87(17,93-84(73)79)54-29-44-68(11)41-26-38-65(8)35-23-32-62(3)4)49-48-74-71(14)83(91-21)72(15)75-50-56-88(18,94-85(74)75)55-30-45-69(12)42-27-39-66(9)36-24-33-63(5)6/h31-33,37-39,43-45,59-60H,22-30,34-36,40-42,46-58H2,1-21H3/b64-37+,65-38+,66-39+,67-43+,68-44+,69-45+/t86-,87-,88-/m1/s1. The largest absolute Gasteiger partial charge is 0.496 e. The lowest BCUT2D eigenvalue weighted by Gasteiger charge is -2.39. The van der Waals surface area contributed by atoms with Crippen molar-refractivity contribution in [2.45, 2.75) is 321 Å². The lowest BCUT2D eigenvalue weighted by atomic mass is 9.81. The number of ether oxygens (including phenoxy) is 6. The first-order chi connectivity index (χ1) is 44.7. The van der Waals surface area contributed by atoms with Gasteiger partial charge in [0.05, 0.1) is 21.3 Å². The second-order valence-corrected chi connectivity index (χ2v) is 30.4. The highest BCUT2D eigenvalue weighted by atomic mass is 16.5. The van der Waals surface area contributed by atoms with Gasteiger partial charge in [0, 0.05) is 33.4 Å². The van der Waals surface area contributed by atoms with Crippen LogP contribution in [-0.2, 0) is 44.9 Å². The van der Waals surface area contributed by atoms with Gasteiger partial charge in [-0.1, -0.05) is 105 Å². The third-order valence-electron chi connectivity index (χ3n) is 20.8. The van der Waals surface area contributed by atoms with Gasteiger partial charge < -0.3 is 28.4 Å². The molecule has 6 rings (SSSR count). The Morgan fingerprint density at radius 2 is 0.755 bits per heavy atom. The second-order valence-electron chi connectivity index (χ2n) is 30.4. The van der Waals surface area contributed by atoms with Gasteiger partial charge in [-0.2, -0.15) is 0 Å². The van der Waals surface area contributed by atoms with E-state index in [0.717, 1.165) is 220 Å². The topological polar surface area (TPSA) is 55.4 Å². The molecule has 3 aromatic rings. The zero-order valence-corrected chi connectivity index (χ0v) is 63.6. The molecule has 0 N–H and O–H groups in total. The van der Waals surface area contributed by atoms with E-state index in [4.69, 9.17) is 28.4 Å². The number of fused-ring (bicyclic) bond motifs is 3. The molecule has 0 radical (unpaired) electrons. The van der Waals surface area contributed by atoms with E-state index in [1.165, 1.54) is 100 Å². The van der Waals surface area contributed by atoms with Crippen LogP contribution in [0.25, 0.3) is 0 Å². The molecule has 0 saturated carbocycles. The van der Waals surface area contributed by atoms with Gasteiger partial charge in [-0.05, 0) is 339 Å². The van der Waals surface area contributed by atoms with Crippen molar-refractivity contribution in [2.75, 3.05) is 21.3 Å². The summed E-state index contributed by atoms with van der Waals surface area (Å²) in [6, 6.07) is 4.56. The van der Waals surface area contributed by atoms with E-state index in [0.29, 0.717) is 0 Å². The van der Waals surface area contributed by atoms with Crippen LogP contribution in [0.5, 0.6) is 34.5 Å². The van der Waals surface area contributed by atoms with Crippen LogP contribution in [-0.4, -0.2) is 38.1 Å². The number of aryl methyl sites for hydroxylation is 2. The predicted octanol–water partition coefficient (Wildman–Crippen LogP) is 25.1. The van der Waals surface area contributed by atoms with Crippen LogP contribution in [0.15, 0.2) is 117 Å². The Hall–Kier alpha value is -5.88. The third kappa shape index (κ3) is 23.2. The SMILES string of the molecule is COc1cc(CCc2c3c(cc(C)c2OC)O[C@](C)(CC/C=C(\C)CC/C=C(\C)CCC=C(C)C)CC3)c2c(c1CCc1c(C)c(OC)c(C)c3c1O[C@](C)(CC/C=C(\C)CC/C=C(\C)CCC=C(C)C)CC3)CC[C@@](C)(CC/C=C(\C)CC/C=C(\C)CCC=C(C)C)O2. The first-order valence-corrected chi connectivity index (χ1v) is 36.7. The van der Waals surface area contributed by atoms with Crippen molar-refractivity contribution in [3.05, 3.63) is 173 Å². The maximum Gasteiger partial charge on any atom is 0.127 e. The quantitative estimate of drug-likeness (QED) is 0.0541. The zero-order valence-electron chi connectivity index (χ0n) is 63.6. The molecule has 3 aliphatic heterocycles. The molecule has 3 heterocycles. The van der Waals surface area contributed by atoms with E-state index in [2.05, 4.69) is 191 Å². The summed E-state index contributed by atoms with van der Waals surface area (Å²) in [7, 11) is 5.52. The first kappa shape index (κ1) is 77.1. The molecular weight excluding hydrogens is 1150 g/mol. The molecule has 0 bridgehead atoms. The number of hydrogen-bond acceptors (Lipinski definition) is 6. The molecule has 0 aliphatic carbocycles. The Labute approximate surface area is 575 Å². The van der Waals surface area contributed by atoms with Crippen molar-refractivity contribution >= 4 is 0 Å². The van der Waals surface area contributed by atoms with Crippen LogP contribution in [0.1, 0.15) is 294 Å². The number of methoxy groups -OCH3 is 3. The van der Waals surface area contributed by atoms with Crippen molar-refractivity contribution in [3.63, 3.8) is 0 Å².